The summed E-state index contributed by atoms with van der Waals surface area (Å²) in [4.78, 5) is 40.0. The molecule has 1 saturated carbocycles. The van der Waals surface area contributed by atoms with Crippen molar-refractivity contribution >= 4 is 17.3 Å². The Morgan fingerprint density at radius 3 is 2.40 bits per heavy atom. The second-order valence-electron chi connectivity index (χ2n) is 10.2. The SMILES string of the molecule is C[C@H]1O[C@@H](c2ccc3c(c2O)C(=O)C2=C(C3=O)[C@@]3(O)C(=O)C[C@](C)(O)C[C@]3(O)C=C2)C[C@@H](O)[C@@H]1O. The molecule has 0 aromatic heterocycles. The third-order valence-electron chi connectivity index (χ3n) is 7.59. The summed E-state index contributed by atoms with van der Waals surface area (Å²) < 4.78 is 5.70. The quantitative estimate of drug-likeness (QED) is 0.311. The molecule has 6 N–H and O–H groups in total. The van der Waals surface area contributed by atoms with Crippen molar-refractivity contribution in [1.29, 1.82) is 0 Å². The van der Waals surface area contributed by atoms with Gasteiger partial charge in [-0.1, -0.05) is 12.1 Å². The highest BCUT2D eigenvalue weighted by Crippen LogP contribution is 2.51. The van der Waals surface area contributed by atoms with Crippen molar-refractivity contribution in [2.75, 3.05) is 0 Å². The van der Waals surface area contributed by atoms with Crippen LogP contribution in [0, 0.1) is 0 Å². The Balaban J connectivity index is 1.62. The van der Waals surface area contributed by atoms with E-state index >= 15 is 0 Å². The van der Waals surface area contributed by atoms with Gasteiger partial charge in [0.25, 0.3) is 0 Å². The topological polar surface area (TPSA) is 182 Å². The van der Waals surface area contributed by atoms with Gasteiger partial charge in [0.05, 0.1) is 35.0 Å². The molecule has 1 saturated heterocycles. The number of aromatic hydroxyl groups is 1. The molecule has 0 radical (unpaired) electrons. The Morgan fingerprint density at radius 2 is 1.74 bits per heavy atom. The maximum absolute atomic E-state index is 13.5. The van der Waals surface area contributed by atoms with Gasteiger partial charge in [0.15, 0.2) is 23.0 Å². The molecule has 10 nitrogen and oxygen atoms in total. The molecular weight excluding hydrogens is 460 g/mol. The fourth-order valence-corrected chi connectivity index (χ4v) is 5.82. The molecule has 10 heteroatoms. The van der Waals surface area contributed by atoms with Gasteiger partial charge in [0.2, 0.25) is 0 Å². The lowest BCUT2D eigenvalue weighted by molar-refractivity contribution is -0.183. The maximum Gasteiger partial charge on any atom is 0.198 e. The molecule has 1 aliphatic heterocycles. The van der Waals surface area contributed by atoms with Gasteiger partial charge in [0.1, 0.15) is 17.5 Å². The van der Waals surface area contributed by atoms with E-state index in [9.17, 15) is 45.0 Å². The summed E-state index contributed by atoms with van der Waals surface area (Å²) in [6.45, 7) is 2.88. The number of Topliss-reactive ketones (excluding diaryl/α,β-unsaturated/α-hetero) is 3. The Morgan fingerprint density at radius 1 is 1.06 bits per heavy atom. The first-order valence-corrected chi connectivity index (χ1v) is 11.3. The lowest BCUT2D eigenvalue weighted by Gasteiger charge is -2.51. The van der Waals surface area contributed by atoms with Crippen LogP contribution in [-0.2, 0) is 9.53 Å². The number of aliphatic hydroxyl groups is 5. The summed E-state index contributed by atoms with van der Waals surface area (Å²) in [6.07, 6.45) is -2.78. The van der Waals surface area contributed by atoms with E-state index in [1.165, 1.54) is 19.1 Å². The first kappa shape index (κ1) is 24.0. The molecule has 186 valence electrons. The predicted octanol–water partition coefficient (Wildman–Crippen LogP) is -0.215. The average Bonchev–Trinajstić information content (AvgIpc) is 2.75. The van der Waals surface area contributed by atoms with Crippen LogP contribution in [0.5, 0.6) is 5.75 Å². The van der Waals surface area contributed by atoms with Crippen molar-refractivity contribution in [2.24, 2.45) is 0 Å². The van der Waals surface area contributed by atoms with Gasteiger partial charge < -0.3 is 35.4 Å². The zero-order valence-corrected chi connectivity index (χ0v) is 19.1. The van der Waals surface area contributed by atoms with Gasteiger partial charge in [-0.25, -0.2) is 0 Å². The number of benzene rings is 1. The van der Waals surface area contributed by atoms with E-state index in [0.717, 1.165) is 12.2 Å². The smallest absolute Gasteiger partial charge is 0.198 e. The van der Waals surface area contributed by atoms with Crippen molar-refractivity contribution in [3.8, 4) is 5.75 Å². The minimum Gasteiger partial charge on any atom is -0.507 e. The van der Waals surface area contributed by atoms with Gasteiger partial charge in [-0.05, 0) is 26.0 Å². The third-order valence-corrected chi connectivity index (χ3v) is 7.59. The first-order chi connectivity index (χ1) is 16.2. The highest BCUT2D eigenvalue weighted by atomic mass is 16.5. The van der Waals surface area contributed by atoms with Gasteiger partial charge >= 0.3 is 0 Å². The van der Waals surface area contributed by atoms with E-state index in [1.54, 1.807) is 6.92 Å². The molecule has 5 rings (SSSR count). The van der Waals surface area contributed by atoms with Crippen molar-refractivity contribution in [2.45, 2.75) is 74.3 Å². The number of allylic oxidation sites excluding steroid dienone is 2. The molecule has 3 aliphatic carbocycles. The number of ether oxygens (including phenoxy) is 1. The van der Waals surface area contributed by atoms with E-state index in [0.29, 0.717) is 0 Å². The molecule has 0 bridgehead atoms. The average molecular weight is 486 g/mol. The number of rotatable bonds is 1. The molecular formula is C25H26O10. The second kappa shape index (κ2) is 7.39. The molecule has 1 aromatic rings. The lowest BCUT2D eigenvalue weighted by Crippen LogP contribution is -2.69. The summed E-state index contributed by atoms with van der Waals surface area (Å²) in [6, 6.07) is 2.60. The normalized spacial score (nSPS) is 40.9. The number of aliphatic hydroxyl groups excluding tert-OH is 2. The van der Waals surface area contributed by atoms with E-state index in [4.69, 9.17) is 4.74 Å². The molecule has 1 heterocycles. The van der Waals surface area contributed by atoms with Crippen LogP contribution in [0.4, 0.5) is 0 Å². The van der Waals surface area contributed by atoms with Gasteiger partial charge in [-0.15, -0.1) is 0 Å². The van der Waals surface area contributed by atoms with Gasteiger partial charge in [-0.2, -0.15) is 0 Å². The summed E-state index contributed by atoms with van der Waals surface area (Å²) in [7, 11) is 0. The second-order valence-corrected chi connectivity index (χ2v) is 10.2. The largest absolute Gasteiger partial charge is 0.507 e. The number of hydrogen-bond acceptors (Lipinski definition) is 10. The van der Waals surface area contributed by atoms with Crippen LogP contribution in [0.15, 0.2) is 35.4 Å². The van der Waals surface area contributed by atoms with Crippen molar-refractivity contribution in [1.82, 2.24) is 0 Å². The predicted molar refractivity (Wildman–Crippen MR) is 118 cm³/mol. The van der Waals surface area contributed by atoms with E-state index in [1.807, 2.05) is 0 Å². The molecule has 0 spiro atoms. The molecule has 0 amide bonds. The minimum atomic E-state index is -2.75. The van der Waals surface area contributed by atoms with E-state index in [2.05, 4.69) is 0 Å². The maximum atomic E-state index is 13.5. The molecule has 2 fully saturated rings. The molecule has 1 aromatic carbocycles. The van der Waals surface area contributed by atoms with Crippen LogP contribution in [-0.4, -0.2) is 83.1 Å². The fraction of sp³-hybridized carbons (Fsp3) is 0.480. The van der Waals surface area contributed by atoms with Crippen LogP contribution in [0.3, 0.4) is 0 Å². The number of carbonyl (C=O) groups is 3. The fourth-order valence-electron chi connectivity index (χ4n) is 5.82. The van der Waals surface area contributed by atoms with Crippen LogP contribution < -0.4 is 0 Å². The summed E-state index contributed by atoms with van der Waals surface area (Å²) >= 11 is 0. The highest BCUT2D eigenvalue weighted by molar-refractivity contribution is 6.31. The number of fused-ring (bicyclic) bond motifs is 3. The van der Waals surface area contributed by atoms with Crippen LogP contribution in [0.2, 0.25) is 0 Å². The van der Waals surface area contributed by atoms with Crippen molar-refractivity contribution in [3.63, 3.8) is 0 Å². The Bertz CT molecular complexity index is 1230. The number of ketones is 3. The Labute approximate surface area is 199 Å². The first-order valence-electron chi connectivity index (χ1n) is 11.3. The zero-order valence-electron chi connectivity index (χ0n) is 19.1. The van der Waals surface area contributed by atoms with E-state index in [-0.39, 0.29) is 28.7 Å². The molecule has 0 unspecified atom stereocenters. The molecule has 4 aliphatic rings. The minimum absolute atomic E-state index is 0.0605. The zero-order chi connectivity index (χ0) is 25.7. The van der Waals surface area contributed by atoms with Crippen molar-refractivity contribution < 1.29 is 49.8 Å². The van der Waals surface area contributed by atoms with Crippen LogP contribution in [0.1, 0.15) is 65.5 Å². The summed E-state index contributed by atoms with van der Waals surface area (Å²) in [5.74, 6) is -3.30. The summed E-state index contributed by atoms with van der Waals surface area (Å²) in [5.41, 5.74) is -8.12. The van der Waals surface area contributed by atoms with Crippen LogP contribution in [0.25, 0.3) is 0 Å². The van der Waals surface area contributed by atoms with Gasteiger partial charge in [0, 0.05) is 36.0 Å². The number of hydrogen-bond donors (Lipinski definition) is 6. The Hall–Kier alpha value is -2.73. The standard InChI is InChI=1S/C25H26O10/c1-10-19(28)14(26)7-15(35-10)11-3-4-12-17(20(11)29)21(30)13-5-6-24(33)9-23(2,32)8-16(27)25(24,34)18(13)22(12)31/h3-6,10,14-15,19,26,28-29,32-34H,7-9H2,1-2H3/t10-,14-,15-,19-,23+,24-,25+/m1/s1. The number of phenols is 1. The number of phenolic OH excluding ortho intramolecular Hbond substituents is 1. The summed E-state index contributed by atoms with van der Waals surface area (Å²) in [5, 5.41) is 64.1. The van der Waals surface area contributed by atoms with E-state index < -0.39 is 82.7 Å². The third kappa shape index (κ3) is 3.15. The Kier molecular flexibility index (Phi) is 5.06. The monoisotopic (exact) mass is 486 g/mol. The lowest BCUT2D eigenvalue weighted by atomic mass is 9.57. The van der Waals surface area contributed by atoms with Crippen LogP contribution >= 0.6 is 0 Å². The number of carbonyl (C=O) groups excluding carboxylic acids is 3. The highest BCUT2D eigenvalue weighted by Gasteiger charge is 2.66. The van der Waals surface area contributed by atoms with Crippen molar-refractivity contribution in [3.05, 3.63) is 52.1 Å². The van der Waals surface area contributed by atoms with Gasteiger partial charge in [-0.3, -0.25) is 14.4 Å². The molecule has 35 heavy (non-hydrogen) atoms. The molecule has 7 atom stereocenters.